The number of hydrogen-bond donors (Lipinski definition) is 1. The molecule has 1 N–H and O–H groups in total. The number of nitrogens with one attached hydrogen (secondary N) is 1. The maximum absolute atomic E-state index is 11.9. The third-order valence-electron chi connectivity index (χ3n) is 3.49. The summed E-state index contributed by atoms with van der Waals surface area (Å²) in [7, 11) is 0. The molecule has 5 nitrogen and oxygen atoms in total. The van der Waals surface area contributed by atoms with Crippen molar-refractivity contribution in [2.75, 3.05) is 39.3 Å². The lowest BCUT2D eigenvalue weighted by Gasteiger charge is -2.30. The summed E-state index contributed by atoms with van der Waals surface area (Å²) in [5, 5.41) is 3.22. The fraction of sp³-hybridized carbons (Fsp3) is 0.833. The van der Waals surface area contributed by atoms with Gasteiger partial charge < -0.3 is 15.1 Å². The van der Waals surface area contributed by atoms with E-state index in [2.05, 4.69) is 5.32 Å². The molecule has 0 aromatic carbocycles. The fourth-order valence-electron chi connectivity index (χ4n) is 2.40. The number of carbonyl (C=O) groups excluding carboxylic acids is 2. The molecule has 5 heteroatoms. The van der Waals surface area contributed by atoms with E-state index < -0.39 is 0 Å². The van der Waals surface area contributed by atoms with Crippen molar-refractivity contribution in [3.8, 4) is 0 Å². The smallest absolute Gasteiger partial charge is 0.224 e. The van der Waals surface area contributed by atoms with Gasteiger partial charge in [-0.3, -0.25) is 9.59 Å². The monoisotopic (exact) mass is 239 g/mol. The lowest BCUT2D eigenvalue weighted by molar-refractivity contribution is -0.136. The van der Waals surface area contributed by atoms with Crippen LogP contribution < -0.4 is 5.32 Å². The molecule has 0 aliphatic carbocycles. The van der Waals surface area contributed by atoms with Crippen LogP contribution in [-0.2, 0) is 9.59 Å². The van der Waals surface area contributed by atoms with Gasteiger partial charge in [0.2, 0.25) is 11.8 Å². The normalized spacial score (nSPS) is 21.8. The van der Waals surface area contributed by atoms with Gasteiger partial charge in [0, 0.05) is 52.1 Å². The second kappa shape index (κ2) is 6.00. The van der Waals surface area contributed by atoms with Crippen molar-refractivity contribution in [1.29, 1.82) is 0 Å². The highest BCUT2D eigenvalue weighted by atomic mass is 16.2. The zero-order chi connectivity index (χ0) is 12.1. The summed E-state index contributed by atoms with van der Waals surface area (Å²) >= 11 is 0. The quantitative estimate of drug-likeness (QED) is 0.743. The number of nitrogens with zero attached hydrogens (tertiary/aromatic N) is 2. The molecule has 0 radical (unpaired) electrons. The van der Waals surface area contributed by atoms with Gasteiger partial charge in [-0.15, -0.1) is 0 Å². The Labute approximate surface area is 102 Å². The summed E-state index contributed by atoms with van der Waals surface area (Å²) in [5.41, 5.74) is 0. The van der Waals surface area contributed by atoms with Crippen LogP contribution in [0.1, 0.15) is 25.7 Å². The van der Waals surface area contributed by atoms with Gasteiger partial charge in [-0.25, -0.2) is 0 Å². The van der Waals surface area contributed by atoms with Crippen molar-refractivity contribution in [2.24, 2.45) is 0 Å². The largest absolute Gasteiger partial charge is 0.342 e. The van der Waals surface area contributed by atoms with Crippen molar-refractivity contribution in [3.63, 3.8) is 0 Å². The van der Waals surface area contributed by atoms with Crippen LogP contribution >= 0.6 is 0 Å². The first-order valence-electron chi connectivity index (χ1n) is 6.53. The Hall–Kier alpha value is -1.10. The molecular formula is C12H21N3O2. The van der Waals surface area contributed by atoms with Crippen molar-refractivity contribution in [3.05, 3.63) is 0 Å². The molecule has 2 saturated heterocycles. The highest BCUT2D eigenvalue weighted by Crippen LogP contribution is 2.11. The fourth-order valence-corrected chi connectivity index (χ4v) is 2.40. The predicted octanol–water partition coefficient (Wildman–Crippen LogP) is -0.179. The molecule has 0 saturated carbocycles. The van der Waals surface area contributed by atoms with Crippen molar-refractivity contribution < 1.29 is 9.59 Å². The molecule has 0 unspecified atom stereocenters. The van der Waals surface area contributed by atoms with Crippen molar-refractivity contribution in [2.45, 2.75) is 25.7 Å². The van der Waals surface area contributed by atoms with Gasteiger partial charge in [-0.2, -0.15) is 0 Å². The summed E-state index contributed by atoms with van der Waals surface area (Å²) in [6.45, 7) is 4.79. The minimum absolute atomic E-state index is 0.185. The molecule has 0 spiro atoms. The lowest BCUT2D eigenvalue weighted by Crippen LogP contribution is -2.47. The van der Waals surface area contributed by atoms with Crippen LogP contribution in [0.25, 0.3) is 0 Å². The molecule has 17 heavy (non-hydrogen) atoms. The minimum Gasteiger partial charge on any atom is -0.342 e. The zero-order valence-electron chi connectivity index (χ0n) is 10.3. The van der Waals surface area contributed by atoms with Gasteiger partial charge >= 0.3 is 0 Å². The first kappa shape index (κ1) is 12.4. The van der Waals surface area contributed by atoms with E-state index in [0.717, 1.165) is 45.6 Å². The standard InChI is InChI=1S/C12H21N3O2/c16-11-3-1-2-7-14(11)8-4-12(17)15-9-5-13-6-10-15/h13H,1-10H2. The number of amides is 2. The minimum atomic E-state index is 0.185. The van der Waals surface area contributed by atoms with E-state index in [4.69, 9.17) is 0 Å². The first-order valence-corrected chi connectivity index (χ1v) is 6.53. The summed E-state index contributed by atoms with van der Waals surface area (Å²) in [6.07, 6.45) is 3.21. The van der Waals surface area contributed by atoms with E-state index in [1.165, 1.54) is 0 Å². The van der Waals surface area contributed by atoms with Gasteiger partial charge in [-0.1, -0.05) is 0 Å². The van der Waals surface area contributed by atoms with Crippen LogP contribution in [0.15, 0.2) is 0 Å². The summed E-state index contributed by atoms with van der Waals surface area (Å²) in [5.74, 6) is 0.397. The molecule has 0 bridgehead atoms. The predicted molar refractivity (Wildman–Crippen MR) is 64.5 cm³/mol. The molecule has 2 aliphatic rings. The van der Waals surface area contributed by atoms with Crippen LogP contribution in [0.5, 0.6) is 0 Å². The van der Waals surface area contributed by atoms with Gasteiger partial charge in [0.05, 0.1) is 0 Å². The number of hydrogen-bond acceptors (Lipinski definition) is 3. The van der Waals surface area contributed by atoms with E-state index in [1.54, 1.807) is 0 Å². The lowest BCUT2D eigenvalue weighted by atomic mass is 10.1. The number of piperidine rings is 1. The van der Waals surface area contributed by atoms with Gasteiger partial charge in [0.15, 0.2) is 0 Å². The van der Waals surface area contributed by atoms with E-state index in [0.29, 0.717) is 19.4 Å². The number of likely N-dealkylation sites (tertiary alicyclic amines) is 1. The Morgan fingerprint density at radius 3 is 2.65 bits per heavy atom. The molecule has 2 fully saturated rings. The second-order valence-corrected chi connectivity index (χ2v) is 4.72. The van der Waals surface area contributed by atoms with Crippen molar-refractivity contribution >= 4 is 11.8 Å². The molecule has 0 aromatic rings. The molecule has 2 aliphatic heterocycles. The highest BCUT2D eigenvalue weighted by molar-refractivity contribution is 5.79. The van der Waals surface area contributed by atoms with E-state index >= 15 is 0 Å². The van der Waals surface area contributed by atoms with Crippen LogP contribution in [0.2, 0.25) is 0 Å². The summed E-state index contributed by atoms with van der Waals surface area (Å²) in [4.78, 5) is 27.2. The number of piperazine rings is 1. The van der Waals surface area contributed by atoms with Crippen LogP contribution in [0, 0.1) is 0 Å². The average Bonchev–Trinajstić information content (AvgIpc) is 2.38. The zero-order valence-corrected chi connectivity index (χ0v) is 10.3. The van der Waals surface area contributed by atoms with E-state index in [-0.39, 0.29) is 11.8 Å². The summed E-state index contributed by atoms with van der Waals surface area (Å²) in [6, 6.07) is 0. The van der Waals surface area contributed by atoms with Crippen molar-refractivity contribution in [1.82, 2.24) is 15.1 Å². The molecule has 0 atom stereocenters. The van der Waals surface area contributed by atoms with Gasteiger partial charge in [-0.05, 0) is 12.8 Å². The van der Waals surface area contributed by atoms with Gasteiger partial charge in [0.1, 0.15) is 0 Å². The molecule has 0 aromatic heterocycles. The van der Waals surface area contributed by atoms with Crippen LogP contribution in [-0.4, -0.2) is 60.9 Å². The van der Waals surface area contributed by atoms with E-state index in [9.17, 15) is 9.59 Å². The Bertz CT molecular complexity index is 287. The SMILES string of the molecule is O=C(CCN1CCCCC1=O)N1CCNCC1. The second-order valence-electron chi connectivity index (χ2n) is 4.72. The molecule has 96 valence electrons. The van der Waals surface area contributed by atoms with Crippen LogP contribution in [0.3, 0.4) is 0 Å². The Morgan fingerprint density at radius 2 is 1.94 bits per heavy atom. The number of rotatable bonds is 3. The maximum atomic E-state index is 11.9. The third kappa shape index (κ3) is 3.43. The Morgan fingerprint density at radius 1 is 1.18 bits per heavy atom. The van der Waals surface area contributed by atoms with Gasteiger partial charge in [0.25, 0.3) is 0 Å². The Kier molecular flexibility index (Phi) is 4.36. The van der Waals surface area contributed by atoms with E-state index in [1.807, 2.05) is 9.80 Å². The number of carbonyl (C=O) groups is 2. The first-order chi connectivity index (χ1) is 8.27. The highest BCUT2D eigenvalue weighted by Gasteiger charge is 2.21. The molecule has 2 amide bonds. The topological polar surface area (TPSA) is 52.7 Å². The average molecular weight is 239 g/mol. The van der Waals surface area contributed by atoms with Crippen LogP contribution in [0.4, 0.5) is 0 Å². The maximum Gasteiger partial charge on any atom is 0.224 e. The molecule has 2 heterocycles. The molecular weight excluding hydrogens is 218 g/mol. The summed E-state index contributed by atoms with van der Waals surface area (Å²) < 4.78 is 0. The Balaban J connectivity index is 1.73. The third-order valence-corrected chi connectivity index (χ3v) is 3.49. The molecule has 2 rings (SSSR count).